The van der Waals surface area contributed by atoms with Crippen LogP contribution in [0.25, 0.3) is 0 Å². The summed E-state index contributed by atoms with van der Waals surface area (Å²) in [5.74, 6) is 0. The molecule has 0 saturated carbocycles. The Hall–Kier alpha value is -1.89. The van der Waals surface area contributed by atoms with Crippen molar-refractivity contribution in [1.82, 2.24) is 4.31 Å². The number of nitrogens with zero attached hydrogens (tertiary/aromatic N) is 3. The number of hydrogen-bond acceptors (Lipinski definition) is 4. The molecule has 0 saturated heterocycles. The summed E-state index contributed by atoms with van der Waals surface area (Å²) in [6.45, 7) is 1.01. The molecule has 88 valence electrons. The maximum absolute atomic E-state index is 12.2. The van der Waals surface area contributed by atoms with Gasteiger partial charge in [0.05, 0.1) is 17.0 Å². The van der Waals surface area contributed by atoms with Crippen LogP contribution in [0.5, 0.6) is 0 Å². The van der Waals surface area contributed by atoms with Crippen LogP contribution in [0.15, 0.2) is 29.2 Å². The van der Waals surface area contributed by atoms with Gasteiger partial charge < -0.3 is 0 Å². The molecule has 0 spiro atoms. The second-order valence-corrected chi connectivity index (χ2v) is 5.26. The smallest absolute Gasteiger partial charge is 0.207 e. The minimum Gasteiger partial charge on any atom is -0.207 e. The quantitative estimate of drug-likeness (QED) is 0.746. The first kappa shape index (κ1) is 13.2. The highest BCUT2D eigenvalue weighted by atomic mass is 32.2. The van der Waals surface area contributed by atoms with E-state index in [0.717, 1.165) is 4.31 Å². The van der Waals surface area contributed by atoms with Gasteiger partial charge in [-0.3, -0.25) is 0 Å². The third-order valence-electron chi connectivity index (χ3n) is 2.21. The molecular weight excluding hydrogens is 238 g/mol. The fraction of sp³-hybridized carbons (Fsp3) is 0.273. The van der Waals surface area contributed by atoms with E-state index in [1.165, 1.54) is 6.07 Å². The Bertz CT molecular complexity index is 565. The average Bonchev–Trinajstić information content (AvgIpc) is 2.29. The summed E-state index contributed by atoms with van der Waals surface area (Å²) in [7, 11) is -3.77. The highest BCUT2D eigenvalue weighted by Gasteiger charge is 2.25. The summed E-state index contributed by atoms with van der Waals surface area (Å²) in [4.78, 5) is 0.130. The van der Waals surface area contributed by atoms with Crippen molar-refractivity contribution in [2.75, 3.05) is 13.1 Å². The van der Waals surface area contributed by atoms with Gasteiger partial charge in [-0.05, 0) is 18.6 Å². The van der Waals surface area contributed by atoms with Crippen molar-refractivity contribution in [1.29, 1.82) is 10.5 Å². The number of nitriles is 2. The molecule has 0 bridgehead atoms. The lowest BCUT2D eigenvalue weighted by Gasteiger charge is -2.17. The van der Waals surface area contributed by atoms with Gasteiger partial charge in [-0.15, -0.1) is 0 Å². The molecule has 0 fully saturated rings. The monoisotopic (exact) mass is 249 g/mol. The van der Waals surface area contributed by atoms with Gasteiger partial charge in [0.25, 0.3) is 0 Å². The maximum Gasteiger partial charge on any atom is 0.245 e. The first-order valence-corrected chi connectivity index (χ1v) is 6.27. The SMILES string of the molecule is Cc1ccccc1S(=O)(=O)N(CC#N)CC#N. The standard InChI is InChI=1S/C11H11N3O2S/c1-10-4-2-3-5-11(10)17(15,16)14(8-6-12)9-7-13/h2-5H,8-9H2,1H3. The molecule has 0 aliphatic carbocycles. The summed E-state index contributed by atoms with van der Waals surface area (Å²) < 4.78 is 25.2. The zero-order valence-corrected chi connectivity index (χ0v) is 10.1. The average molecular weight is 249 g/mol. The molecule has 0 aliphatic heterocycles. The Kier molecular flexibility index (Phi) is 4.22. The van der Waals surface area contributed by atoms with Crippen LogP contribution in [-0.4, -0.2) is 25.8 Å². The van der Waals surface area contributed by atoms with Crippen molar-refractivity contribution in [2.45, 2.75) is 11.8 Å². The molecule has 0 aliphatic rings. The minimum absolute atomic E-state index is 0.130. The Balaban J connectivity index is 3.23. The van der Waals surface area contributed by atoms with E-state index in [4.69, 9.17) is 10.5 Å². The van der Waals surface area contributed by atoms with Crippen LogP contribution >= 0.6 is 0 Å². The predicted octanol–water partition coefficient (Wildman–Crippen LogP) is 1.03. The number of benzene rings is 1. The van der Waals surface area contributed by atoms with Gasteiger partial charge in [0, 0.05) is 0 Å². The summed E-state index contributed by atoms with van der Waals surface area (Å²) in [6.07, 6.45) is 0. The molecule has 0 atom stereocenters. The summed E-state index contributed by atoms with van der Waals surface area (Å²) >= 11 is 0. The Morgan fingerprint density at radius 2 is 1.71 bits per heavy atom. The lowest BCUT2D eigenvalue weighted by molar-refractivity contribution is 0.479. The highest BCUT2D eigenvalue weighted by Crippen LogP contribution is 2.18. The van der Waals surface area contributed by atoms with Crippen LogP contribution in [0.1, 0.15) is 5.56 Å². The van der Waals surface area contributed by atoms with Crippen LogP contribution in [-0.2, 0) is 10.0 Å². The summed E-state index contributed by atoms with van der Waals surface area (Å²) in [6, 6.07) is 9.96. The van der Waals surface area contributed by atoms with E-state index in [-0.39, 0.29) is 18.0 Å². The number of sulfonamides is 1. The summed E-state index contributed by atoms with van der Waals surface area (Å²) in [5.41, 5.74) is 0.591. The number of rotatable bonds is 4. The second-order valence-electron chi connectivity index (χ2n) is 3.35. The first-order chi connectivity index (χ1) is 8.04. The fourth-order valence-electron chi connectivity index (χ4n) is 1.37. The first-order valence-electron chi connectivity index (χ1n) is 4.83. The third kappa shape index (κ3) is 2.82. The highest BCUT2D eigenvalue weighted by molar-refractivity contribution is 7.89. The fourth-order valence-corrected chi connectivity index (χ4v) is 2.83. The Labute approximate surface area is 101 Å². The molecule has 6 heteroatoms. The van der Waals surface area contributed by atoms with Crippen molar-refractivity contribution in [2.24, 2.45) is 0 Å². The molecule has 17 heavy (non-hydrogen) atoms. The van der Waals surface area contributed by atoms with Crippen LogP contribution < -0.4 is 0 Å². The van der Waals surface area contributed by atoms with Crippen LogP contribution in [0, 0.1) is 29.6 Å². The molecule has 1 rings (SSSR count). The molecule has 0 radical (unpaired) electrons. The van der Waals surface area contributed by atoms with Gasteiger partial charge >= 0.3 is 0 Å². The van der Waals surface area contributed by atoms with E-state index < -0.39 is 10.0 Å². The van der Waals surface area contributed by atoms with Crippen molar-refractivity contribution in [3.8, 4) is 12.1 Å². The van der Waals surface area contributed by atoms with E-state index in [9.17, 15) is 8.42 Å². The lowest BCUT2D eigenvalue weighted by Crippen LogP contribution is -2.32. The molecule has 0 unspecified atom stereocenters. The van der Waals surface area contributed by atoms with Gasteiger partial charge in [0.2, 0.25) is 10.0 Å². The largest absolute Gasteiger partial charge is 0.245 e. The van der Waals surface area contributed by atoms with Gasteiger partial charge in [-0.2, -0.15) is 14.8 Å². The zero-order chi connectivity index (χ0) is 12.9. The van der Waals surface area contributed by atoms with Crippen LogP contribution in [0.4, 0.5) is 0 Å². The van der Waals surface area contributed by atoms with Gasteiger partial charge in [0.15, 0.2) is 0 Å². The number of hydrogen-bond donors (Lipinski definition) is 0. The Morgan fingerprint density at radius 3 is 2.18 bits per heavy atom. The molecular formula is C11H11N3O2S. The van der Waals surface area contributed by atoms with E-state index in [0.29, 0.717) is 5.56 Å². The molecule has 1 aromatic carbocycles. The van der Waals surface area contributed by atoms with E-state index in [1.54, 1.807) is 37.3 Å². The van der Waals surface area contributed by atoms with Gasteiger partial charge in [0.1, 0.15) is 13.1 Å². The topological polar surface area (TPSA) is 85.0 Å². The van der Waals surface area contributed by atoms with E-state index >= 15 is 0 Å². The lowest BCUT2D eigenvalue weighted by atomic mass is 10.2. The molecule has 0 aromatic heterocycles. The van der Waals surface area contributed by atoms with Gasteiger partial charge in [-0.25, -0.2) is 8.42 Å². The van der Waals surface area contributed by atoms with Crippen molar-refractivity contribution in [3.63, 3.8) is 0 Å². The Morgan fingerprint density at radius 1 is 1.18 bits per heavy atom. The van der Waals surface area contributed by atoms with Crippen molar-refractivity contribution < 1.29 is 8.42 Å². The zero-order valence-electron chi connectivity index (χ0n) is 9.29. The molecule has 5 nitrogen and oxygen atoms in total. The normalized spacial score (nSPS) is 10.8. The van der Waals surface area contributed by atoms with Crippen molar-refractivity contribution >= 4 is 10.0 Å². The summed E-state index contributed by atoms with van der Waals surface area (Å²) in [5, 5.41) is 17.2. The third-order valence-corrected chi connectivity index (χ3v) is 4.16. The maximum atomic E-state index is 12.2. The molecule has 0 N–H and O–H groups in total. The molecule has 1 aromatic rings. The van der Waals surface area contributed by atoms with Crippen molar-refractivity contribution in [3.05, 3.63) is 29.8 Å². The second kappa shape index (κ2) is 5.44. The number of aryl methyl sites for hydroxylation is 1. The predicted molar refractivity (Wildman–Crippen MR) is 61.2 cm³/mol. The van der Waals surface area contributed by atoms with Crippen LogP contribution in [0.3, 0.4) is 0 Å². The van der Waals surface area contributed by atoms with Crippen LogP contribution in [0.2, 0.25) is 0 Å². The molecule has 0 heterocycles. The minimum atomic E-state index is -3.77. The van der Waals surface area contributed by atoms with Gasteiger partial charge in [-0.1, -0.05) is 18.2 Å². The molecule has 0 amide bonds. The van der Waals surface area contributed by atoms with E-state index in [2.05, 4.69) is 0 Å². The van der Waals surface area contributed by atoms with E-state index in [1.807, 2.05) is 0 Å².